The quantitative estimate of drug-likeness (QED) is 0.131. The predicted molar refractivity (Wildman–Crippen MR) is 201 cm³/mol. The number of imidazole rings is 1. The van der Waals surface area contributed by atoms with Gasteiger partial charge in [-0.25, -0.2) is 27.5 Å². The summed E-state index contributed by atoms with van der Waals surface area (Å²) in [7, 11) is 0. The van der Waals surface area contributed by atoms with Gasteiger partial charge in [-0.05, 0) is 110 Å². The molecule has 54 heavy (non-hydrogen) atoms. The third kappa shape index (κ3) is 5.84. The molecule has 2 N–H and O–H groups in total. The van der Waals surface area contributed by atoms with E-state index in [0.717, 1.165) is 43.2 Å². The van der Waals surface area contributed by atoms with Crippen LogP contribution < -0.4 is 15.5 Å². The number of likely N-dealkylation sites (tertiary alicyclic amines) is 1. The molecule has 2 saturated carbocycles. The number of hydrogen-bond acceptors (Lipinski definition) is 6. The Morgan fingerprint density at radius 2 is 1.70 bits per heavy atom. The zero-order valence-corrected chi connectivity index (χ0v) is 31.8. The van der Waals surface area contributed by atoms with Gasteiger partial charge in [0, 0.05) is 28.9 Å². The second-order valence-corrected chi connectivity index (χ2v) is 17.0. The Kier molecular flexibility index (Phi) is 8.80. The molecule has 3 fully saturated rings. The predicted octanol–water partition coefficient (Wildman–Crippen LogP) is 8.91. The number of anilines is 3. The van der Waals surface area contributed by atoms with Crippen LogP contribution in [0.2, 0.25) is 5.02 Å². The number of fused-ring (bicyclic) bond motifs is 2. The Hall–Kier alpha value is -4.23. The lowest BCUT2D eigenvalue weighted by molar-refractivity contribution is -0.124. The largest absolute Gasteiger partial charge is 0.341 e. The summed E-state index contributed by atoms with van der Waals surface area (Å²) >= 11 is 6.08. The number of rotatable bonds is 9. The first-order valence-electron chi connectivity index (χ1n) is 18.7. The number of aromatic nitrogens is 3. The molecule has 2 aliphatic carbocycles. The van der Waals surface area contributed by atoms with Crippen molar-refractivity contribution >= 4 is 51.6 Å². The normalized spacial score (nSPS) is 23.2. The fourth-order valence-electron chi connectivity index (χ4n) is 8.62. The first kappa shape index (κ1) is 36.7. The summed E-state index contributed by atoms with van der Waals surface area (Å²) in [5.74, 6) is -3.74. The number of nitrogens with one attached hydrogen (secondary N) is 2. The van der Waals surface area contributed by atoms with Crippen molar-refractivity contribution in [2.24, 2.45) is 0 Å². The van der Waals surface area contributed by atoms with Crippen LogP contribution in [0.5, 0.6) is 0 Å². The highest BCUT2D eigenvalue weighted by molar-refractivity contribution is 6.34. The number of halogens is 5. The van der Waals surface area contributed by atoms with Crippen LogP contribution in [0.3, 0.4) is 0 Å². The molecule has 4 aliphatic rings. The van der Waals surface area contributed by atoms with Crippen LogP contribution in [0.25, 0.3) is 22.3 Å². The molecule has 0 unspecified atom stereocenters. The van der Waals surface area contributed by atoms with E-state index in [1.54, 1.807) is 6.33 Å². The van der Waals surface area contributed by atoms with Crippen LogP contribution in [-0.4, -0.2) is 67.9 Å². The molecule has 0 bridgehead atoms. The van der Waals surface area contributed by atoms with Crippen LogP contribution in [0.4, 0.5) is 34.8 Å². The van der Waals surface area contributed by atoms with Crippen LogP contribution >= 0.6 is 11.6 Å². The second-order valence-electron chi connectivity index (χ2n) is 16.6. The standard InChI is InChI=1S/C40H44ClF4N7O2/c1-21(2)51-20-46-28-17-26(47-34(33(28)51)48-27-16-24(30(41)32(43)31(27)42)35(53)49-40(11-12-40)36(44)45)22-9-10-25-29(15-22)52(37(54)38(25,3)4)39(5)18-23(19-39)50-13-7-6-8-14-50/h9-10,15-17,20-21,23,36H,6-8,11-14,18-19H2,1-5H3,(H,47,48)(H,49,53). The van der Waals surface area contributed by atoms with Gasteiger partial charge in [0.25, 0.3) is 12.3 Å². The van der Waals surface area contributed by atoms with Crippen molar-refractivity contribution in [3.63, 3.8) is 0 Å². The lowest BCUT2D eigenvalue weighted by atomic mass is 9.71. The summed E-state index contributed by atoms with van der Waals surface area (Å²) in [6.07, 6.45) is 4.35. The number of benzene rings is 2. The van der Waals surface area contributed by atoms with E-state index in [1.807, 2.05) is 61.4 Å². The second kappa shape index (κ2) is 12.9. The molecule has 14 heteroatoms. The first-order valence-corrected chi connectivity index (χ1v) is 19.1. The summed E-state index contributed by atoms with van der Waals surface area (Å²) in [6.45, 7) is 12.1. The fourth-order valence-corrected chi connectivity index (χ4v) is 8.85. The van der Waals surface area contributed by atoms with Crippen molar-refractivity contribution in [1.82, 2.24) is 24.8 Å². The fraction of sp³-hybridized carbons (Fsp3) is 0.500. The van der Waals surface area contributed by atoms with Gasteiger partial charge in [-0.2, -0.15) is 0 Å². The van der Waals surface area contributed by atoms with Crippen LogP contribution in [0.15, 0.2) is 36.7 Å². The van der Waals surface area contributed by atoms with E-state index in [1.165, 1.54) is 19.3 Å². The molecule has 286 valence electrons. The summed E-state index contributed by atoms with van der Waals surface area (Å²) < 4.78 is 60.0. The van der Waals surface area contributed by atoms with Crippen molar-refractivity contribution in [3.8, 4) is 11.3 Å². The highest BCUT2D eigenvalue weighted by Crippen LogP contribution is 2.52. The Morgan fingerprint density at radius 1 is 1.00 bits per heavy atom. The Labute approximate surface area is 316 Å². The Balaban J connectivity index is 1.18. The van der Waals surface area contributed by atoms with Gasteiger partial charge < -0.3 is 25.0 Å². The first-order chi connectivity index (χ1) is 25.5. The molecule has 4 aromatic rings. The van der Waals surface area contributed by atoms with Gasteiger partial charge in [-0.3, -0.25) is 9.59 Å². The van der Waals surface area contributed by atoms with Gasteiger partial charge in [0.1, 0.15) is 11.1 Å². The minimum absolute atomic E-state index is 0.0527. The maximum absolute atomic E-state index is 15.6. The number of piperidine rings is 1. The lowest BCUT2D eigenvalue weighted by Gasteiger charge is -2.55. The zero-order chi connectivity index (χ0) is 38.5. The van der Waals surface area contributed by atoms with Crippen molar-refractivity contribution in [1.29, 1.82) is 0 Å². The molecule has 1 saturated heterocycles. The van der Waals surface area contributed by atoms with E-state index in [9.17, 15) is 18.4 Å². The maximum Gasteiger partial charge on any atom is 0.261 e. The van der Waals surface area contributed by atoms with Crippen LogP contribution in [0, 0.1) is 11.6 Å². The van der Waals surface area contributed by atoms with E-state index in [2.05, 4.69) is 27.4 Å². The number of pyridine rings is 1. The number of hydrogen-bond donors (Lipinski definition) is 2. The molecule has 2 aliphatic heterocycles. The monoisotopic (exact) mass is 765 g/mol. The number of amides is 2. The van der Waals surface area contributed by atoms with E-state index in [4.69, 9.17) is 16.6 Å². The third-order valence-electron chi connectivity index (χ3n) is 12.1. The molecule has 0 spiro atoms. The van der Waals surface area contributed by atoms with Crippen LogP contribution in [-0.2, 0) is 10.2 Å². The summed E-state index contributed by atoms with van der Waals surface area (Å²) in [6, 6.07) is 8.99. The third-order valence-corrected chi connectivity index (χ3v) is 12.4. The van der Waals surface area contributed by atoms with E-state index in [0.29, 0.717) is 28.3 Å². The van der Waals surface area contributed by atoms with Crippen LogP contribution in [0.1, 0.15) is 102 Å². The molecule has 2 amide bonds. The van der Waals surface area contributed by atoms with E-state index < -0.39 is 51.2 Å². The van der Waals surface area contributed by atoms with Gasteiger partial charge >= 0.3 is 0 Å². The smallest absolute Gasteiger partial charge is 0.261 e. The van der Waals surface area contributed by atoms with E-state index >= 15 is 8.78 Å². The molecule has 0 atom stereocenters. The van der Waals surface area contributed by atoms with Crippen molar-refractivity contribution in [2.75, 3.05) is 23.3 Å². The van der Waals surface area contributed by atoms with Crippen molar-refractivity contribution in [2.45, 2.75) is 115 Å². The molecule has 2 aromatic carbocycles. The van der Waals surface area contributed by atoms with Gasteiger partial charge in [-0.15, -0.1) is 0 Å². The topological polar surface area (TPSA) is 95.4 Å². The molecular weight excluding hydrogens is 722 g/mol. The van der Waals surface area contributed by atoms with Gasteiger partial charge in [-0.1, -0.05) is 30.2 Å². The molecule has 8 rings (SSSR count). The SMILES string of the molecule is CC(C)n1cnc2cc(-c3ccc4c(c3)N(C3(C)CC(N5CCCCC5)C3)C(=O)C4(C)C)nc(Nc3cc(C(=O)NC4(C(F)F)CC4)c(Cl)c(F)c3F)c21. The zero-order valence-electron chi connectivity index (χ0n) is 31.0. The average molecular weight is 766 g/mol. The maximum atomic E-state index is 15.6. The molecule has 0 radical (unpaired) electrons. The van der Waals surface area contributed by atoms with Crippen molar-refractivity contribution < 1.29 is 27.2 Å². The summed E-state index contributed by atoms with van der Waals surface area (Å²) in [4.78, 5) is 41.4. The lowest BCUT2D eigenvalue weighted by Crippen LogP contribution is -2.64. The minimum atomic E-state index is -2.83. The summed E-state index contributed by atoms with van der Waals surface area (Å²) in [5.41, 5.74) is 0.148. The minimum Gasteiger partial charge on any atom is -0.341 e. The van der Waals surface area contributed by atoms with Gasteiger partial charge in [0.2, 0.25) is 5.91 Å². The summed E-state index contributed by atoms with van der Waals surface area (Å²) in [5, 5.41) is 4.33. The molecule has 9 nitrogen and oxygen atoms in total. The number of carbonyl (C=O) groups excluding carboxylic acids is 2. The highest BCUT2D eigenvalue weighted by atomic mass is 35.5. The molecule has 2 aromatic heterocycles. The number of alkyl halides is 2. The van der Waals surface area contributed by atoms with Gasteiger partial charge in [0.05, 0.1) is 39.2 Å². The Bertz CT molecular complexity index is 2190. The average Bonchev–Trinajstić information content (AvgIpc) is 3.73. The highest BCUT2D eigenvalue weighted by Gasteiger charge is 2.56. The van der Waals surface area contributed by atoms with Gasteiger partial charge in [0.15, 0.2) is 17.5 Å². The number of nitrogens with zero attached hydrogens (tertiary/aromatic N) is 5. The molecule has 4 heterocycles. The number of carbonyl (C=O) groups is 2. The Morgan fingerprint density at radius 3 is 2.35 bits per heavy atom. The van der Waals surface area contributed by atoms with E-state index in [-0.39, 0.29) is 36.1 Å². The van der Waals surface area contributed by atoms with Crippen molar-refractivity contribution in [3.05, 3.63) is 64.4 Å². The molecular formula is C40H44ClF4N7O2.